The second-order valence-corrected chi connectivity index (χ2v) is 6.51. The van der Waals surface area contributed by atoms with E-state index in [0.717, 1.165) is 11.1 Å². The molecule has 29 heavy (non-hydrogen) atoms. The number of nitrogens with one attached hydrogen (secondary N) is 1. The molecular formula is C24H20N2O3. The average Bonchev–Trinajstić information content (AvgIpc) is 2.76. The number of hydrogen-bond donors (Lipinski definition) is 1. The van der Waals surface area contributed by atoms with Crippen LogP contribution < -0.4 is 5.32 Å². The van der Waals surface area contributed by atoms with E-state index in [0.29, 0.717) is 11.3 Å². The molecule has 1 amide bonds. The van der Waals surface area contributed by atoms with Crippen LogP contribution in [0.3, 0.4) is 0 Å². The number of carbonyl (C=O) groups is 2. The molecule has 144 valence electrons. The molecule has 0 fully saturated rings. The van der Waals surface area contributed by atoms with E-state index < -0.39 is 23.9 Å². The van der Waals surface area contributed by atoms with Gasteiger partial charge in [-0.2, -0.15) is 5.26 Å². The zero-order valence-electron chi connectivity index (χ0n) is 15.9. The Balaban J connectivity index is 1.73. The molecule has 3 rings (SSSR count). The zero-order chi connectivity index (χ0) is 20.6. The zero-order valence-corrected chi connectivity index (χ0v) is 15.9. The molecule has 0 saturated heterocycles. The van der Waals surface area contributed by atoms with E-state index in [1.807, 2.05) is 66.7 Å². The summed E-state index contributed by atoms with van der Waals surface area (Å²) >= 11 is 0. The van der Waals surface area contributed by atoms with Crippen molar-refractivity contribution in [2.24, 2.45) is 0 Å². The third-order valence-electron chi connectivity index (χ3n) is 4.45. The summed E-state index contributed by atoms with van der Waals surface area (Å²) in [4.78, 5) is 25.4. The first-order valence-corrected chi connectivity index (χ1v) is 9.20. The van der Waals surface area contributed by atoms with Crippen LogP contribution in [-0.2, 0) is 14.3 Å². The number of rotatable bonds is 6. The Morgan fingerprint density at radius 2 is 1.38 bits per heavy atom. The molecule has 0 heterocycles. The van der Waals surface area contributed by atoms with Gasteiger partial charge in [0.2, 0.25) is 0 Å². The van der Waals surface area contributed by atoms with Crippen molar-refractivity contribution in [3.05, 3.63) is 102 Å². The van der Waals surface area contributed by atoms with E-state index in [9.17, 15) is 9.59 Å². The number of esters is 1. The lowest BCUT2D eigenvalue weighted by Crippen LogP contribution is -2.32. The van der Waals surface area contributed by atoms with Crippen molar-refractivity contribution in [1.82, 2.24) is 0 Å². The van der Waals surface area contributed by atoms with Crippen molar-refractivity contribution in [2.75, 3.05) is 5.32 Å². The predicted molar refractivity (Wildman–Crippen MR) is 110 cm³/mol. The summed E-state index contributed by atoms with van der Waals surface area (Å²) in [7, 11) is 0. The standard InChI is InChI=1S/C24H20N2O3/c1-17(23(27)26-21-14-12-18(16-25)13-15-21)29-24(28)22(19-8-4-2-5-9-19)20-10-6-3-7-11-20/h2-15,17,22H,1H3,(H,26,27)/t17-/m0/s1. The van der Waals surface area contributed by atoms with Gasteiger partial charge in [-0.1, -0.05) is 60.7 Å². The topological polar surface area (TPSA) is 79.2 Å². The summed E-state index contributed by atoms with van der Waals surface area (Å²) < 4.78 is 5.50. The van der Waals surface area contributed by atoms with Crippen LogP contribution in [0.25, 0.3) is 0 Å². The van der Waals surface area contributed by atoms with Gasteiger partial charge in [0.25, 0.3) is 5.91 Å². The predicted octanol–water partition coefficient (Wildman–Crippen LogP) is 4.26. The molecule has 0 spiro atoms. The van der Waals surface area contributed by atoms with Crippen LogP contribution in [0, 0.1) is 11.3 Å². The maximum absolute atomic E-state index is 13.0. The molecule has 0 radical (unpaired) electrons. The normalized spacial score (nSPS) is 11.3. The molecule has 0 aliphatic heterocycles. The summed E-state index contributed by atoms with van der Waals surface area (Å²) in [5, 5.41) is 11.5. The highest BCUT2D eigenvalue weighted by atomic mass is 16.5. The highest BCUT2D eigenvalue weighted by molar-refractivity contribution is 5.95. The third kappa shape index (κ3) is 5.08. The van der Waals surface area contributed by atoms with Gasteiger partial charge in [-0.25, -0.2) is 0 Å². The summed E-state index contributed by atoms with van der Waals surface area (Å²) in [5.41, 5.74) is 2.61. The van der Waals surface area contributed by atoms with E-state index in [1.54, 1.807) is 24.3 Å². The summed E-state index contributed by atoms with van der Waals surface area (Å²) in [5.74, 6) is -1.56. The Kier molecular flexibility index (Phi) is 6.39. The highest BCUT2D eigenvalue weighted by Gasteiger charge is 2.27. The van der Waals surface area contributed by atoms with Gasteiger partial charge >= 0.3 is 5.97 Å². The molecule has 0 aromatic heterocycles. The Morgan fingerprint density at radius 1 is 0.862 bits per heavy atom. The number of amides is 1. The van der Waals surface area contributed by atoms with Crippen LogP contribution in [0.4, 0.5) is 5.69 Å². The van der Waals surface area contributed by atoms with Gasteiger partial charge in [-0.05, 0) is 42.3 Å². The molecule has 0 bridgehead atoms. The van der Waals surface area contributed by atoms with E-state index in [2.05, 4.69) is 5.32 Å². The molecule has 0 unspecified atom stereocenters. The quantitative estimate of drug-likeness (QED) is 0.644. The lowest BCUT2D eigenvalue weighted by Gasteiger charge is -2.20. The molecule has 0 aliphatic rings. The van der Waals surface area contributed by atoms with E-state index in [4.69, 9.17) is 10.00 Å². The van der Waals surface area contributed by atoms with Crippen molar-refractivity contribution in [3.63, 3.8) is 0 Å². The Labute approximate surface area is 169 Å². The summed E-state index contributed by atoms with van der Waals surface area (Å²) in [6, 6.07) is 27.1. The monoisotopic (exact) mass is 384 g/mol. The number of nitriles is 1. The van der Waals surface area contributed by atoms with Gasteiger partial charge in [-0.15, -0.1) is 0 Å². The van der Waals surface area contributed by atoms with Crippen molar-refractivity contribution in [1.29, 1.82) is 5.26 Å². The Morgan fingerprint density at radius 3 is 1.86 bits per heavy atom. The van der Waals surface area contributed by atoms with Gasteiger partial charge in [0, 0.05) is 5.69 Å². The SMILES string of the molecule is C[C@H](OC(=O)C(c1ccccc1)c1ccccc1)C(=O)Nc1ccc(C#N)cc1. The molecule has 3 aromatic rings. The number of benzene rings is 3. The maximum atomic E-state index is 13.0. The van der Waals surface area contributed by atoms with Crippen LogP contribution in [0.15, 0.2) is 84.9 Å². The van der Waals surface area contributed by atoms with Crippen LogP contribution in [0.5, 0.6) is 0 Å². The van der Waals surface area contributed by atoms with Crippen molar-refractivity contribution in [3.8, 4) is 6.07 Å². The number of hydrogen-bond acceptors (Lipinski definition) is 4. The molecule has 5 heteroatoms. The number of carbonyl (C=O) groups excluding carboxylic acids is 2. The summed E-state index contributed by atoms with van der Waals surface area (Å²) in [6.07, 6.45) is -0.979. The number of anilines is 1. The molecule has 1 N–H and O–H groups in total. The highest BCUT2D eigenvalue weighted by Crippen LogP contribution is 2.26. The Hall–Kier alpha value is -3.91. The molecule has 0 saturated carbocycles. The van der Waals surface area contributed by atoms with Crippen molar-refractivity contribution >= 4 is 17.6 Å². The first-order chi connectivity index (χ1) is 14.1. The minimum absolute atomic E-state index is 0.442. The van der Waals surface area contributed by atoms with Gasteiger partial charge in [0.1, 0.15) is 5.92 Å². The minimum atomic E-state index is -0.979. The van der Waals surface area contributed by atoms with E-state index >= 15 is 0 Å². The van der Waals surface area contributed by atoms with Gasteiger partial charge in [0.05, 0.1) is 11.6 Å². The van der Waals surface area contributed by atoms with Crippen molar-refractivity contribution < 1.29 is 14.3 Å². The van der Waals surface area contributed by atoms with Crippen molar-refractivity contribution in [2.45, 2.75) is 18.9 Å². The van der Waals surface area contributed by atoms with Gasteiger partial charge < -0.3 is 10.1 Å². The molecule has 0 aliphatic carbocycles. The van der Waals surface area contributed by atoms with Crippen LogP contribution in [0.1, 0.15) is 29.5 Å². The largest absolute Gasteiger partial charge is 0.452 e. The fourth-order valence-electron chi connectivity index (χ4n) is 2.92. The Bertz CT molecular complexity index is 970. The van der Waals surface area contributed by atoms with Gasteiger partial charge in [-0.3, -0.25) is 9.59 Å². The summed E-state index contributed by atoms with van der Waals surface area (Å²) in [6.45, 7) is 1.53. The minimum Gasteiger partial charge on any atom is -0.452 e. The fraction of sp³-hybridized carbons (Fsp3) is 0.125. The lowest BCUT2D eigenvalue weighted by atomic mass is 9.91. The average molecular weight is 384 g/mol. The second-order valence-electron chi connectivity index (χ2n) is 6.51. The number of ether oxygens (including phenoxy) is 1. The van der Waals surface area contributed by atoms with E-state index in [1.165, 1.54) is 6.92 Å². The van der Waals surface area contributed by atoms with Crippen LogP contribution >= 0.6 is 0 Å². The smallest absolute Gasteiger partial charge is 0.318 e. The molecule has 1 atom stereocenters. The van der Waals surface area contributed by atoms with E-state index in [-0.39, 0.29) is 0 Å². The molecular weight excluding hydrogens is 364 g/mol. The lowest BCUT2D eigenvalue weighted by molar-refractivity contribution is -0.153. The third-order valence-corrected chi connectivity index (χ3v) is 4.45. The van der Waals surface area contributed by atoms with Gasteiger partial charge in [0.15, 0.2) is 6.10 Å². The van der Waals surface area contributed by atoms with Crippen LogP contribution in [0.2, 0.25) is 0 Å². The fourth-order valence-corrected chi connectivity index (χ4v) is 2.92. The first kappa shape index (κ1) is 19.8. The second kappa shape index (κ2) is 9.34. The van der Waals surface area contributed by atoms with Crippen LogP contribution in [-0.4, -0.2) is 18.0 Å². The number of nitrogens with zero attached hydrogens (tertiary/aromatic N) is 1. The molecule has 3 aromatic carbocycles. The maximum Gasteiger partial charge on any atom is 0.318 e. The first-order valence-electron chi connectivity index (χ1n) is 9.20. The molecule has 5 nitrogen and oxygen atoms in total.